The van der Waals surface area contributed by atoms with Crippen LogP contribution in [0.2, 0.25) is 0 Å². The van der Waals surface area contributed by atoms with Gasteiger partial charge in [-0.15, -0.1) is 11.3 Å². The van der Waals surface area contributed by atoms with E-state index in [1.807, 2.05) is 18.2 Å². The fourth-order valence-corrected chi connectivity index (χ4v) is 6.14. The topological polar surface area (TPSA) is 69.7 Å². The van der Waals surface area contributed by atoms with Gasteiger partial charge in [0.25, 0.3) is 0 Å². The van der Waals surface area contributed by atoms with Crippen LogP contribution in [0.1, 0.15) is 21.5 Å². The predicted molar refractivity (Wildman–Crippen MR) is 102 cm³/mol. The minimum Gasteiger partial charge on any atom is -0.495 e. The maximum Gasteiger partial charge on any atom is 0.337 e. The van der Waals surface area contributed by atoms with Crippen molar-refractivity contribution in [3.63, 3.8) is 0 Å². The minimum absolute atomic E-state index is 0.187. The summed E-state index contributed by atoms with van der Waals surface area (Å²) in [5.41, 5.74) is 1.58. The van der Waals surface area contributed by atoms with Crippen LogP contribution in [0.15, 0.2) is 46.7 Å². The molecule has 3 aromatic rings. The molecule has 0 aliphatic rings. The lowest BCUT2D eigenvalue weighted by Crippen LogP contribution is -2.06. The number of fused-ring (bicyclic) bond motifs is 1. The summed E-state index contributed by atoms with van der Waals surface area (Å²) in [5, 5.41) is 0.872. The number of carbonyl (C=O) groups excluding carboxylic acids is 1. The van der Waals surface area contributed by atoms with Crippen LogP contribution in [0, 0.1) is 6.92 Å². The average molecular weight is 390 g/mol. The Kier molecular flexibility index (Phi) is 5.02. The maximum absolute atomic E-state index is 13.0. The summed E-state index contributed by atoms with van der Waals surface area (Å²) in [6.07, 6.45) is 0. The Morgan fingerprint density at radius 2 is 1.85 bits per heavy atom. The van der Waals surface area contributed by atoms with Gasteiger partial charge in [-0.05, 0) is 36.2 Å². The molecule has 0 N–H and O–H groups in total. The van der Waals surface area contributed by atoms with Crippen molar-refractivity contribution >= 4 is 37.2 Å². The van der Waals surface area contributed by atoms with Gasteiger partial charge in [-0.2, -0.15) is 0 Å². The van der Waals surface area contributed by atoms with Crippen molar-refractivity contribution in [3.8, 4) is 5.75 Å². The van der Waals surface area contributed by atoms with Gasteiger partial charge in [-0.1, -0.05) is 24.3 Å². The fourth-order valence-electron chi connectivity index (χ4n) is 2.84. The molecule has 26 heavy (non-hydrogen) atoms. The molecule has 1 aromatic heterocycles. The summed E-state index contributed by atoms with van der Waals surface area (Å²) in [4.78, 5) is 11.7. The van der Waals surface area contributed by atoms with E-state index in [0.29, 0.717) is 26.6 Å². The average Bonchev–Trinajstić information content (AvgIpc) is 2.99. The van der Waals surface area contributed by atoms with Crippen molar-refractivity contribution in [2.75, 3.05) is 14.2 Å². The number of hydrogen-bond donors (Lipinski definition) is 0. The van der Waals surface area contributed by atoms with Gasteiger partial charge in [-0.25, -0.2) is 13.2 Å². The van der Waals surface area contributed by atoms with E-state index in [1.54, 1.807) is 38.3 Å². The summed E-state index contributed by atoms with van der Waals surface area (Å²) in [5.74, 6) is -0.0230. The molecule has 0 aliphatic heterocycles. The zero-order chi connectivity index (χ0) is 18.9. The summed E-state index contributed by atoms with van der Waals surface area (Å²) < 4.78 is 37.2. The number of carbonyl (C=O) groups is 1. The molecule has 0 unspecified atom stereocenters. The van der Waals surface area contributed by atoms with Crippen molar-refractivity contribution in [2.45, 2.75) is 16.9 Å². The van der Waals surface area contributed by atoms with Crippen molar-refractivity contribution in [1.82, 2.24) is 0 Å². The highest BCUT2D eigenvalue weighted by molar-refractivity contribution is 7.93. The number of rotatable bonds is 5. The lowest BCUT2D eigenvalue weighted by atomic mass is 10.1. The second-order valence-corrected chi connectivity index (χ2v) is 9.01. The number of esters is 1. The molecule has 0 atom stereocenters. The number of thiophene rings is 1. The van der Waals surface area contributed by atoms with Gasteiger partial charge in [0.1, 0.15) is 9.96 Å². The molecular weight excluding hydrogens is 372 g/mol. The number of sulfone groups is 1. The highest BCUT2D eigenvalue weighted by Crippen LogP contribution is 2.40. The van der Waals surface area contributed by atoms with Crippen molar-refractivity contribution < 1.29 is 22.7 Å². The van der Waals surface area contributed by atoms with Gasteiger partial charge >= 0.3 is 5.97 Å². The molecule has 0 aliphatic carbocycles. The maximum atomic E-state index is 13.0. The Balaban J connectivity index is 2.03. The molecule has 0 spiro atoms. The number of benzene rings is 2. The summed E-state index contributed by atoms with van der Waals surface area (Å²) in [6.45, 7) is 1.80. The van der Waals surface area contributed by atoms with E-state index in [2.05, 4.69) is 0 Å². The standard InChI is InChI=1S/C19H18O5S2/c1-12-15-8-5-9-16(23-2)17(15)25-19(12)26(21,22)11-13-6-4-7-14(10-13)18(20)24-3/h4-10H,11H2,1-3H3. The molecule has 2 aromatic carbocycles. The Morgan fingerprint density at radius 1 is 1.12 bits per heavy atom. The van der Waals surface area contributed by atoms with E-state index in [0.717, 1.165) is 10.1 Å². The zero-order valence-corrected chi connectivity index (χ0v) is 16.2. The molecule has 7 heteroatoms. The monoisotopic (exact) mass is 390 g/mol. The van der Waals surface area contributed by atoms with Gasteiger partial charge in [0.05, 0.1) is 30.2 Å². The van der Waals surface area contributed by atoms with Gasteiger partial charge < -0.3 is 9.47 Å². The Hall–Kier alpha value is -2.38. The third-order valence-electron chi connectivity index (χ3n) is 4.09. The first-order valence-corrected chi connectivity index (χ1v) is 10.3. The summed E-state index contributed by atoms with van der Waals surface area (Å²) in [7, 11) is -0.712. The van der Waals surface area contributed by atoms with Crippen LogP contribution in [0.3, 0.4) is 0 Å². The summed E-state index contributed by atoms with van der Waals surface area (Å²) >= 11 is 1.21. The quantitative estimate of drug-likeness (QED) is 0.617. The van der Waals surface area contributed by atoms with Crippen LogP contribution in [0.4, 0.5) is 0 Å². The lowest BCUT2D eigenvalue weighted by molar-refractivity contribution is 0.0600. The molecule has 3 rings (SSSR count). The molecule has 0 amide bonds. The Morgan fingerprint density at radius 3 is 2.54 bits per heavy atom. The number of hydrogen-bond acceptors (Lipinski definition) is 6. The predicted octanol–water partition coefficient (Wildman–Crippen LogP) is 3.98. The van der Waals surface area contributed by atoms with Gasteiger partial charge in [-0.3, -0.25) is 0 Å². The Labute approximate surface area is 156 Å². The smallest absolute Gasteiger partial charge is 0.337 e. The van der Waals surface area contributed by atoms with Gasteiger partial charge in [0.15, 0.2) is 9.84 Å². The normalized spacial score (nSPS) is 11.5. The third-order valence-corrected chi connectivity index (χ3v) is 7.80. The van der Waals surface area contributed by atoms with E-state index in [4.69, 9.17) is 9.47 Å². The highest BCUT2D eigenvalue weighted by Gasteiger charge is 2.24. The SMILES string of the molecule is COC(=O)c1cccc(CS(=O)(=O)c2sc3c(OC)cccc3c2C)c1. The Bertz CT molecular complexity index is 1080. The summed E-state index contributed by atoms with van der Waals surface area (Å²) in [6, 6.07) is 12.0. The fraction of sp³-hybridized carbons (Fsp3) is 0.211. The lowest BCUT2D eigenvalue weighted by Gasteiger charge is -2.06. The van der Waals surface area contributed by atoms with Crippen LogP contribution in [-0.4, -0.2) is 28.6 Å². The second kappa shape index (κ2) is 7.09. The molecule has 0 fully saturated rings. The largest absolute Gasteiger partial charge is 0.495 e. The minimum atomic E-state index is -3.57. The van der Waals surface area contributed by atoms with Gasteiger partial charge in [0, 0.05) is 5.39 Å². The van der Waals surface area contributed by atoms with Gasteiger partial charge in [0.2, 0.25) is 0 Å². The van der Waals surface area contributed by atoms with E-state index in [1.165, 1.54) is 18.4 Å². The van der Waals surface area contributed by atoms with Crippen LogP contribution < -0.4 is 4.74 Å². The van der Waals surface area contributed by atoms with Crippen molar-refractivity contribution in [2.24, 2.45) is 0 Å². The third kappa shape index (κ3) is 3.32. The molecule has 0 bridgehead atoms. The van der Waals surface area contributed by atoms with E-state index in [9.17, 15) is 13.2 Å². The number of ether oxygens (including phenoxy) is 2. The van der Waals surface area contributed by atoms with E-state index >= 15 is 0 Å². The van der Waals surface area contributed by atoms with Crippen molar-refractivity contribution in [3.05, 3.63) is 59.2 Å². The molecule has 136 valence electrons. The molecule has 0 saturated carbocycles. The zero-order valence-electron chi connectivity index (χ0n) is 14.6. The van der Waals surface area contributed by atoms with Crippen LogP contribution in [0.25, 0.3) is 10.1 Å². The first-order valence-electron chi connectivity index (χ1n) is 7.83. The number of methoxy groups -OCH3 is 2. The molecular formula is C19H18O5S2. The van der Waals surface area contributed by atoms with E-state index in [-0.39, 0.29) is 5.75 Å². The molecule has 0 radical (unpaired) electrons. The van der Waals surface area contributed by atoms with Crippen LogP contribution >= 0.6 is 11.3 Å². The van der Waals surface area contributed by atoms with Crippen LogP contribution in [-0.2, 0) is 20.3 Å². The number of aryl methyl sites for hydroxylation is 1. The highest BCUT2D eigenvalue weighted by atomic mass is 32.2. The molecule has 1 heterocycles. The molecule has 0 saturated heterocycles. The molecule has 5 nitrogen and oxygen atoms in total. The van der Waals surface area contributed by atoms with Crippen molar-refractivity contribution in [1.29, 1.82) is 0 Å². The van der Waals surface area contributed by atoms with E-state index < -0.39 is 15.8 Å². The second-order valence-electron chi connectivity index (χ2n) is 5.80. The van der Waals surface area contributed by atoms with Crippen LogP contribution in [0.5, 0.6) is 5.75 Å². The first kappa shape index (κ1) is 18.4. The first-order chi connectivity index (χ1) is 12.4.